The van der Waals surface area contributed by atoms with Crippen LogP contribution >= 0.6 is 0 Å². The zero-order chi connectivity index (χ0) is 29.3. The van der Waals surface area contributed by atoms with Gasteiger partial charge in [0.25, 0.3) is 5.91 Å². The van der Waals surface area contributed by atoms with Crippen molar-refractivity contribution in [2.24, 2.45) is 5.92 Å². The van der Waals surface area contributed by atoms with Crippen molar-refractivity contribution in [3.8, 4) is 0 Å². The van der Waals surface area contributed by atoms with Gasteiger partial charge in [0.2, 0.25) is 0 Å². The Bertz CT molecular complexity index is 1400. The second-order valence-electron chi connectivity index (χ2n) is 10.8. The molecule has 5 rings (SSSR count). The largest absolute Gasteiger partial charge is 0.392 e. The fraction of sp³-hybridized carbons (Fsp3) is 0.324. The number of amides is 1. The van der Waals surface area contributed by atoms with Gasteiger partial charge < -0.3 is 24.8 Å². The summed E-state index contributed by atoms with van der Waals surface area (Å²) in [6.45, 7) is 4.20. The Balaban J connectivity index is 1.28. The maximum Gasteiger partial charge on any atom is 0.253 e. The first-order valence-electron chi connectivity index (χ1n) is 14.4. The lowest BCUT2D eigenvalue weighted by molar-refractivity contribution is -0.275. The molecule has 1 saturated heterocycles. The number of carbonyl (C=O) groups excluding carboxylic acids is 1. The second-order valence-corrected chi connectivity index (χ2v) is 10.8. The zero-order valence-corrected chi connectivity index (χ0v) is 24.1. The number of nitrogens with zero attached hydrogens (tertiary/aromatic N) is 3. The Morgan fingerprint density at radius 3 is 2.38 bits per heavy atom. The molecule has 1 fully saturated rings. The molecule has 8 heteroatoms. The number of pyridine rings is 2. The molecule has 1 aliphatic heterocycles. The Hall–Kier alpha value is -3.95. The number of aliphatic hydroxyl groups is 1. The van der Waals surface area contributed by atoms with Crippen LogP contribution in [0.2, 0.25) is 0 Å². The third kappa shape index (κ3) is 7.66. The van der Waals surface area contributed by atoms with Gasteiger partial charge in [0.05, 0.1) is 24.4 Å². The molecule has 4 aromatic rings. The molecular formula is C34H38N4O4. The van der Waals surface area contributed by atoms with Crippen LogP contribution in [0.4, 0.5) is 0 Å². The smallest absolute Gasteiger partial charge is 0.253 e. The highest BCUT2D eigenvalue weighted by Gasteiger charge is 2.38. The Morgan fingerprint density at radius 1 is 0.929 bits per heavy atom. The summed E-state index contributed by atoms with van der Waals surface area (Å²) in [6.07, 6.45) is 5.10. The maximum atomic E-state index is 12.4. The van der Waals surface area contributed by atoms with E-state index in [4.69, 9.17) is 9.47 Å². The summed E-state index contributed by atoms with van der Waals surface area (Å²) in [5, 5.41) is 12.5. The molecule has 218 valence electrons. The minimum absolute atomic E-state index is 0.00578. The molecule has 2 aromatic heterocycles. The van der Waals surface area contributed by atoms with Crippen LogP contribution in [-0.2, 0) is 29.0 Å². The van der Waals surface area contributed by atoms with Crippen molar-refractivity contribution in [2.45, 2.75) is 45.0 Å². The summed E-state index contributed by atoms with van der Waals surface area (Å²) in [6, 6.07) is 25.4. The summed E-state index contributed by atoms with van der Waals surface area (Å²) < 4.78 is 13.2. The van der Waals surface area contributed by atoms with E-state index >= 15 is 0 Å². The summed E-state index contributed by atoms with van der Waals surface area (Å²) in [5.41, 5.74) is 5.42. The molecule has 42 heavy (non-hydrogen) atoms. The summed E-state index contributed by atoms with van der Waals surface area (Å²) in [7, 11) is 2.11. The molecule has 4 atom stereocenters. The highest BCUT2D eigenvalue weighted by molar-refractivity contribution is 5.93. The third-order valence-electron chi connectivity index (χ3n) is 7.72. The number of likely N-dealkylation sites (N-methyl/N-ethyl adjacent to an activating group) is 1. The van der Waals surface area contributed by atoms with Crippen molar-refractivity contribution in [2.75, 3.05) is 20.1 Å². The van der Waals surface area contributed by atoms with Crippen LogP contribution in [0.15, 0.2) is 97.5 Å². The van der Waals surface area contributed by atoms with Gasteiger partial charge in [-0.15, -0.1) is 0 Å². The predicted octanol–water partition coefficient (Wildman–Crippen LogP) is 4.86. The lowest BCUT2D eigenvalue weighted by atomic mass is 9.90. The highest BCUT2D eigenvalue weighted by atomic mass is 16.7. The first-order chi connectivity index (χ1) is 20.5. The average Bonchev–Trinajstić information content (AvgIpc) is 3.05. The van der Waals surface area contributed by atoms with Crippen LogP contribution in [0.25, 0.3) is 0 Å². The van der Waals surface area contributed by atoms with Gasteiger partial charge in [0.15, 0.2) is 6.29 Å². The lowest BCUT2D eigenvalue weighted by Gasteiger charge is -2.42. The molecule has 0 radical (unpaired) electrons. The first kappa shape index (κ1) is 29.5. The van der Waals surface area contributed by atoms with Gasteiger partial charge in [0, 0.05) is 61.8 Å². The SMILES string of the molecule is C[C@@H]1[C@H](CN(C)CCc2ccccn2)O[C@H](c2ccc(CNC(=O)c3cccnc3)cc2)O[C@@H]1c1ccc(CO)cc1. The fourth-order valence-corrected chi connectivity index (χ4v) is 5.15. The molecule has 0 aliphatic carbocycles. The average molecular weight is 567 g/mol. The molecule has 3 heterocycles. The molecule has 0 bridgehead atoms. The van der Waals surface area contributed by atoms with E-state index in [9.17, 15) is 9.90 Å². The van der Waals surface area contributed by atoms with Crippen LogP contribution in [0.5, 0.6) is 0 Å². The van der Waals surface area contributed by atoms with Crippen molar-refractivity contribution in [1.29, 1.82) is 0 Å². The zero-order valence-electron chi connectivity index (χ0n) is 24.1. The van der Waals surface area contributed by atoms with Crippen LogP contribution in [0, 0.1) is 5.92 Å². The fourth-order valence-electron chi connectivity index (χ4n) is 5.15. The number of ether oxygens (including phenoxy) is 2. The van der Waals surface area contributed by atoms with E-state index < -0.39 is 6.29 Å². The number of aromatic nitrogens is 2. The van der Waals surface area contributed by atoms with Crippen molar-refractivity contribution >= 4 is 5.91 Å². The molecule has 0 spiro atoms. The quantitative estimate of drug-likeness (QED) is 0.268. The van der Waals surface area contributed by atoms with Crippen molar-refractivity contribution in [3.63, 3.8) is 0 Å². The standard InChI is InChI=1S/C34H38N4O4/c1-24-31(22-38(2)19-16-30-7-3-4-18-36-30)41-34(42-32(24)27-12-10-26(23-39)11-13-27)28-14-8-25(9-15-28)20-37-33(40)29-6-5-17-35-21-29/h3-15,17-18,21,24,31-32,34,39H,16,19-20,22-23H2,1-2H3,(H,37,40)/t24-,31+,32+,34+/m1/s1. The second kappa shape index (κ2) is 14.3. The van der Waals surface area contributed by atoms with Crippen molar-refractivity contribution < 1.29 is 19.4 Å². The topological polar surface area (TPSA) is 96.8 Å². The van der Waals surface area contributed by atoms with E-state index in [1.165, 1.54) is 0 Å². The molecule has 2 N–H and O–H groups in total. The summed E-state index contributed by atoms with van der Waals surface area (Å²) >= 11 is 0. The molecule has 0 saturated carbocycles. The molecular weight excluding hydrogens is 528 g/mol. The normalized spacial score (nSPS) is 20.4. The van der Waals surface area contributed by atoms with E-state index in [-0.39, 0.29) is 30.6 Å². The number of rotatable bonds is 11. The van der Waals surface area contributed by atoms with Gasteiger partial charge >= 0.3 is 0 Å². The number of nitrogens with one attached hydrogen (secondary N) is 1. The Kier molecular flexibility index (Phi) is 10.0. The predicted molar refractivity (Wildman–Crippen MR) is 160 cm³/mol. The van der Waals surface area contributed by atoms with E-state index in [2.05, 4.69) is 40.2 Å². The van der Waals surface area contributed by atoms with Gasteiger partial charge in [-0.2, -0.15) is 0 Å². The van der Waals surface area contributed by atoms with Crippen LogP contribution < -0.4 is 5.32 Å². The van der Waals surface area contributed by atoms with Gasteiger partial charge in [-0.05, 0) is 48.0 Å². The molecule has 8 nitrogen and oxygen atoms in total. The van der Waals surface area contributed by atoms with Gasteiger partial charge in [-0.25, -0.2) is 0 Å². The van der Waals surface area contributed by atoms with E-state index in [1.807, 2.05) is 66.9 Å². The van der Waals surface area contributed by atoms with Gasteiger partial charge in [-0.3, -0.25) is 14.8 Å². The lowest BCUT2D eigenvalue weighted by Crippen LogP contribution is -2.43. The Labute approximate surface area is 247 Å². The molecule has 2 aromatic carbocycles. The molecule has 0 unspecified atom stereocenters. The first-order valence-corrected chi connectivity index (χ1v) is 14.4. The van der Waals surface area contributed by atoms with Crippen molar-refractivity contribution in [1.82, 2.24) is 20.2 Å². The Morgan fingerprint density at radius 2 is 1.69 bits per heavy atom. The minimum Gasteiger partial charge on any atom is -0.392 e. The molecule has 1 amide bonds. The monoisotopic (exact) mass is 566 g/mol. The number of aliphatic hydroxyl groups excluding tert-OH is 1. The van der Waals surface area contributed by atoms with Crippen LogP contribution in [0.3, 0.4) is 0 Å². The van der Waals surface area contributed by atoms with Crippen LogP contribution in [0.1, 0.15) is 57.6 Å². The van der Waals surface area contributed by atoms with E-state index in [1.54, 1.807) is 24.5 Å². The van der Waals surface area contributed by atoms with E-state index in [0.29, 0.717) is 12.1 Å². The number of hydrogen-bond donors (Lipinski definition) is 2. The van der Waals surface area contributed by atoms with Crippen LogP contribution in [-0.4, -0.2) is 52.1 Å². The highest BCUT2D eigenvalue weighted by Crippen LogP contribution is 2.41. The molecule has 1 aliphatic rings. The maximum absolute atomic E-state index is 12.4. The third-order valence-corrected chi connectivity index (χ3v) is 7.72. The van der Waals surface area contributed by atoms with Gasteiger partial charge in [0.1, 0.15) is 0 Å². The van der Waals surface area contributed by atoms with Gasteiger partial charge in [-0.1, -0.05) is 61.5 Å². The minimum atomic E-state index is -0.544. The number of hydrogen-bond acceptors (Lipinski definition) is 7. The van der Waals surface area contributed by atoms with Crippen molar-refractivity contribution in [3.05, 3.63) is 131 Å². The van der Waals surface area contributed by atoms with E-state index in [0.717, 1.165) is 47.5 Å². The summed E-state index contributed by atoms with van der Waals surface area (Å²) in [4.78, 5) is 23.2. The summed E-state index contributed by atoms with van der Waals surface area (Å²) in [5.74, 6) is -0.0642. The number of benzene rings is 2. The number of carbonyl (C=O) groups is 1.